The average Bonchev–Trinajstić information content (AvgIpc) is 3.22. The molecule has 2 fully saturated rings. The molecule has 2 bridgehead atoms. The Hall–Kier alpha value is -2.34. The second-order valence-corrected chi connectivity index (χ2v) is 8.62. The van der Waals surface area contributed by atoms with E-state index in [0.29, 0.717) is 13.0 Å². The van der Waals surface area contributed by atoms with Gasteiger partial charge in [0.25, 0.3) is 0 Å². The van der Waals surface area contributed by atoms with Crippen molar-refractivity contribution in [2.24, 2.45) is 0 Å². The third-order valence-electron chi connectivity index (χ3n) is 7.11. The van der Waals surface area contributed by atoms with Crippen LogP contribution in [0.2, 0.25) is 0 Å². The van der Waals surface area contributed by atoms with Crippen molar-refractivity contribution in [3.05, 3.63) is 41.0 Å². The molecule has 6 nitrogen and oxygen atoms in total. The van der Waals surface area contributed by atoms with Crippen LogP contribution in [-0.2, 0) is 26.2 Å². The molecule has 0 spiro atoms. The summed E-state index contributed by atoms with van der Waals surface area (Å²) in [6.07, 6.45) is 5.13. The van der Waals surface area contributed by atoms with Crippen LogP contribution in [-0.4, -0.2) is 68.1 Å². The fourth-order valence-electron chi connectivity index (χ4n) is 5.33. The van der Waals surface area contributed by atoms with E-state index in [1.165, 1.54) is 18.2 Å². The van der Waals surface area contributed by atoms with Gasteiger partial charge in [0.1, 0.15) is 11.8 Å². The molecule has 0 N–H and O–H groups in total. The molecule has 2 heterocycles. The molecule has 1 aliphatic carbocycles. The number of carbonyl (C=O) groups is 2. The highest BCUT2D eigenvalue weighted by molar-refractivity contribution is 5.93. The van der Waals surface area contributed by atoms with E-state index in [1.54, 1.807) is 12.0 Å². The zero-order chi connectivity index (χ0) is 20.8. The summed E-state index contributed by atoms with van der Waals surface area (Å²) in [6.45, 7) is 3.83. The molecular formula is C23H30N2O4. The van der Waals surface area contributed by atoms with Crippen LogP contribution >= 0.6 is 0 Å². The number of ether oxygens (including phenoxy) is 2. The normalized spacial score (nSPS) is 30.2. The fraction of sp³-hybridized carbons (Fsp3) is 0.565. The van der Waals surface area contributed by atoms with Gasteiger partial charge in [-0.25, -0.2) is 4.79 Å². The lowest BCUT2D eigenvalue weighted by Crippen LogP contribution is -2.53. The average molecular weight is 399 g/mol. The first kappa shape index (κ1) is 20.0. The molecule has 3 aliphatic rings. The highest BCUT2D eigenvalue weighted by Gasteiger charge is 2.47. The SMILES string of the molecule is COC(=O)[C@@H]1CCCN1C(=O)/C=C1\C2Cc3ccc(OC)cc3C1(C)CCN2C. The number of likely N-dealkylation sites (N-methyl/N-ethyl adjacent to an activating group) is 1. The van der Waals surface area contributed by atoms with Crippen molar-refractivity contribution < 1.29 is 19.1 Å². The first-order valence-corrected chi connectivity index (χ1v) is 10.4. The highest BCUT2D eigenvalue weighted by Crippen LogP contribution is 2.49. The number of rotatable bonds is 3. The standard InChI is InChI=1S/C23H30N2O4/c1-23-9-11-24(2)20(12-15-7-8-16(28-3)13-17(15)23)18(23)14-21(26)25-10-5-6-19(25)22(27)29-4/h7-8,13-14,19-20H,5-6,9-12H2,1-4H3/b18-14+/t19-,20?,23?/m0/s1. The van der Waals surface area contributed by atoms with Gasteiger partial charge in [0.05, 0.1) is 14.2 Å². The van der Waals surface area contributed by atoms with Crippen molar-refractivity contribution in [2.45, 2.75) is 50.1 Å². The van der Waals surface area contributed by atoms with Gasteiger partial charge in [-0.1, -0.05) is 13.0 Å². The second-order valence-electron chi connectivity index (χ2n) is 8.62. The number of carbonyl (C=O) groups excluding carboxylic acids is 2. The van der Waals surface area contributed by atoms with E-state index in [1.807, 2.05) is 12.1 Å². The molecule has 1 amide bonds. The predicted molar refractivity (Wildman–Crippen MR) is 110 cm³/mol. The third-order valence-corrected chi connectivity index (χ3v) is 7.11. The van der Waals surface area contributed by atoms with Gasteiger partial charge in [-0.3, -0.25) is 9.69 Å². The van der Waals surface area contributed by atoms with Crippen LogP contribution < -0.4 is 4.74 Å². The van der Waals surface area contributed by atoms with E-state index in [2.05, 4.69) is 31.0 Å². The van der Waals surface area contributed by atoms with E-state index < -0.39 is 6.04 Å². The van der Waals surface area contributed by atoms with E-state index in [0.717, 1.165) is 37.1 Å². The van der Waals surface area contributed by atoms with E-state index in [4.69, 9.17) is 9.47 Å². The van der Waals surface area contributed by atoms with Crippen LogP contribution in [0.3, 0.4) is 0 Å². The number of methoxy groups -OCH3 is 2. The smallest absolute Gasteiger partial charge is 0.328 e. The molecule has 1 aromatic rings. The number of likely N-dealkylation sites (tertiary alicyclic amines) is 2. The lowest BCUT2D eigenvalue weighted by atomic mass is 9.61. The van der Waals surface area contributed by atoms with Gasteiger partial charge in [0.2, 0.25) is 5.91 Å². The molecule has 4 rings (SSSR count). The molecule has 2 unspecified atom stereocenters. The van der Waals surface area contributed by atoms with E-state index >= 15 is 0 Å². The van der Waals surface area contributed by atoms with Crippen molar-refractivity contribution in [2.75, 3.05) is 34.4 Å². The van der Waals surface area contributed by atoms with Gasteiger partial charge in [0, 0.05) is 24.1 Å². The van der Waals surface area contributed by atoms with Crippen molar-refractivity contribution in [1.29, 1.82) is 0 Å². The van der Waals surface area contributed by atoms with Gasteiger partial charge in [0.15, 0.2) is 0 Å². The Bertz CT molecular complexity index is 864. The predicted octanol–water partition coefficient (Wildman–Crippen LogP) is 2.30. The maximum Gasteiger partial charge on any atom is 0.328 e. The Morgan fingerprint density at radius 2 is 2.03 bits per heavy atom. The summed E-state index contributed by atoms with van der Waals surface area (Å²) in [7, 11) is 5.20. The number of amides is 1. The number of hydrogen-bond acceptors (Lipinski definition) is 5. The summed E-state index contributed by atoms with van der Waals surface area (Å²) in [5.74, 6) is 0.445. The molecule has 1 aromatic carbocycles. The summed E-state index contributed by atoms with van der Waals surface area (Å²) in [6, 6.07) is 6.03. The monoisotopic (exact) mass is 398 g/mol. The van der Waals surface area contributed by atoms with Crippen molar-refractivity contribution in [3.8, 4) is 5.75 Å². The Morgan fingerprint density at radius 3 is 2.76 bits per heavy atom. The highest BCUT2D eigenvalue weighted by atomic mass is 16.5. The third kappa shape index (κ3) is 3.23. The Labute approximate surface area is 172 Å². The summed E-state index contributed by atoms with van der Waals surface area (Å²) < 4.78 is 10.4. The molecule has 29 heavy (non-hydrogen) atoms. The second kappa shape index (κ2) is 7.48. The summed E-state index contributed by atoms with van der Waals surface area (Å²) in [5.41, 5.74) is 3.51. The fourth-order valence-corrected chi connectivity index (χ4v) is 5.33. The summed E-state index contributed by atoms with van der Waals surface area (Å²) in [4.78, 5) is 29.4. The Morgan fingerprint density at radius 1 is 1.24 bits per heavy atom. The minimum absolute atomic E-state index is 0.0780. The van der Waals surface area contributed by atoms with Gasteiger partial charge in [-0.15, -0.1) is 0 Å². The lowest BCUT2D eigenvalue weighted by molar-refractivity contribution is -0.149. The zero-order valence-corrected chi connectivity index (χ0v) is 17.7. The van der Waals surface area contributed by atoms with Crippen molar-refractivity contribution in [3.63, 3.8) is 0 Å². The summed E-state index contributed by atoms with van der Waals surface area (Å²) in [5, 5.41) is 0. The molecular weight excluding hydrogens is 368 g/mol. The number of benzene rings is 1. The Balaban J connectivity index is 1.74. The van der Waals surface area contributed by atoms with Gasteiger partial charge in [-0.2, -0.15) is 0 Å². The molecule has 0 saturated carbocycles. The van der Waals surface area contributed by atoms with Crippen molar-refractivity contribution in [1.82, 2.24) is 9.80 Å². The van der Waals surface area contributed by atoms with E-state index in [9.17, 15) is 9.59 Å². The molecule has 6 heteroatoms. The van der Waals surface area contributed by atoms with Gasteiger partial charge in [-0.05, 0) is 68.1 Å². The van der Waals surface area contributed by atoms with Crippen molar-refractivity contribution >= 4 is 11.9 Å². The number of esters is 1. The Kier molecular flexibility index (Phi) is 5.15. The maximum absolute atomic E-state index is 13.3. The number of hydrogen-bond donors (Lipinski definition) is 0. The molecule has 0 radical (unpaired) electrons. The van der Waals surface area contributed by atoms with Crippen LogP contribution in [0, 0.1) is 0 Å². The maximum atomic E-state index is 13.3. The molecule has 3 atom stereocenters. The zero-order valence-electron chi connectivity index (χ0n) is 17.7. The van der Waals surface area contributed by atoms with Crippen LogP contribution in [0.15, 0.2) is 29.8 Å². The molecule has 2 saturated heterocycles. The van der Waals surface area contributed by atoms with Crippen LogP contribution in [0.25, 0.3) is 0 Å². The van der Waals surface area contributed by atoms with Gasteiger partial charge < -0.3 is 14.4 Å². The number of nitrogens with zero attached hydrogens (tertiary/aromatic N) is 2. The van der Waals surface area contributed by atoms with Crippen LogP contribution in [0.5, 0.6) is 5.75 Å². The van der Waals surface area contributed by atoms with Crippen LogP contribution in [0.1, 0.15) is 37.3 Å². The van der Waals surface area contributed by atoms with E-state index in [-0.39, 0.29) is 23.3 Å². The number of piperidine rings is 1. The topological polar surface area (TPSA) is 59.1 Å². The number of fused-ring (bicyclic) bond motifs is 4. The summed E-state index contributed by atoms with van der Waals surface area (Å²) >= 11 is 0. The molecule has 156 valence electrons. The minimum Gasteiger partial charge on any atom is -0.497 e. The quantitative estimate of drug-likeness (QED) is 0.578. The lowest BCUT2D eigenvalue weighted by Gasteiger charge is -2.51. The molecule has 0 aromatic heterocycles. The largest absolute Gasteiger partial charge is 0.497 e. The first-order valence-electron chi connectivity index (χ1n) is 10.4. The van der Waals surface area contributed by atoms with Gasteiger partial charge >= 0.3 is 5.97 Å². The minimum atomic E-state index is -0.467. The molecule has 2 aliphatic heterocycles. The van der Waals surface area contributed by atoms with Crippen LogP contribution in [0.4, 0.5) is 0 Å². The first-order chi connectivity index (χ1) is 13.9.